The Bertz CT molecular complexity index is 1170. The molecule has 2 heterocycles. The molecule has 2 aromatic carbocycles. The Labute approximate surface area is 167 Å². The van der Waals surface area contributed by atoms with Crippen LogP contribution in [0.15, 0.2) is 35.1 Å². The number of amides is 1. The third kappa shape index (κ3) is 3.16. The van der Waals surface area contributed by atoms with Crippen molar-refractivity contribution in [3.63, 3.8) is 0 Å². The fourth-order valence-electron chi connectivity index (χ4n) is 4.74. The van der Waals surface area contributed by atoms with Crippen LogP contribution in [0.4, 0.5) is 0 Å². The largest absolute Gasteiger partial charge is 0.342 e. The van der Waals surface area contributed by atoms with E-state index in [1.54, 1.807) is 4.90 Å². The fourth-order valence-corrected chi connectivity index (χ4v) is 4.74. The third-order valence-corrected chi connectivity index (χ3v) is 6.16. The molecular weight excluding hydrogens is 368 g/mol. The number of Topliss-reactive ketones (excluding diaryl/α,β-unsaturated/α-hetero) is 1. The molecule has 5 rings (SSSR count). The Morgan fingerprint density at radius 3 is 2.76 bits per heavy atom. The minimum atomic E-state index is -0.424. The van der Waals surface area contributed by atoms with E-state index in [-0.39, 0.29) is 24.0 Å². The number of carbonyl (C=O) groups is 2. The van der Waals surface area contributed by atoms with Crippen molar-refractivity contribution in [1.82, 2.24) is 20.1 Å². The average Bonchev–Trinajstić information content (AvgIpc) is 3.35. The van der Waals surface area contributed by atoms with Gasteiger partial charge in [0.1, 0.15) is 5.82 Å². The predicted octanol–water partition coefficient (Wildman–Crippen LogP) is 2.01. The molecule has 1 saturated heterocycles. The second-order valence-electron chi connectivity index (χ2n) is 7.96. The minimum absolute atomic E-state index is 0.0284. The number of piperidine rings is 1. The number of hydrogen-bond donors (Lipinski definition) is 2. The van der Waals surface area contributed by atoms with Crippen molar-refractivity contribution < 1.29 is 9.59 Å². The van der Waals surface area contributed by atoms with Crippen LogP contribution in [0.5, 0.6) is 0 Å². The second-order valence-corrected chi connectivity index (χ2v) is 7.96. The molecule has 1 amide bonds. The van der Waals surface area contributed by atoms with Crippen LogP contribution in [0, 0.1) is 5.92 Å². The summed E-state index contributed by atoms with van der Waals surface area (Å²) in [5, 5.41) is 8.35. The van der Waals surface area contributed by atoms with Crippen molar-refractivity contribution in [3.8, 4) is 0 Å². The van der Waals surface area contributed by atoms with E-state index in [1.165, 1.54) is 16.5 Å². The monoisotopic (exact) mass is 390 g/mol. The molecule has 0 unspecified atom stereocenters. The molecule has 7 heteroatoms. The highest BCUT2D eigenvalue weighted by molar-refractivity contribution is 6.11. The Balaban J connectivity index is 1.37. The number of hydrogen-bond acceptors (Lipinski definition) is 4. The van der Waals surface area contributed by atoms with Crippen LogP contribution in [0.25, 0.3) is 10.8 Å². The van der Waals surface area contributed by atoms with E-state index < -0.39 is 5.69 Å². The maximum atomic E-state index is 13.4. The molecule has 7 nitrogen and oxygen atoms in total. The van der Waals surface area contributed by atoms with E-state index in [2.05, 4.69) is 27.3 Å². The molecule has 1 aromatic heterocycles. The molecule has 1 aliphatic heterocycles. The highest BCUT2D eigenvalue weighted by Gasteiger charge is 2.30. The summed E-state index contributed by atoms with van der Waals surface area (Å²) in [6.45, 7) is 1.04. The lowest BCUT2D eigenvalue weighted by molar-refractivity contribution is -0.132. The van der Waals surface area contributed by atoms with Gasteiger partial charge in [0.05, 0.1) is 6.42 Å². The summed E-state index contributed by atoms with van der Waals surface area (Å²) in [5.41, 5.74) is 2.98. The molecule has 2 aliphatic rings. The lowest BCUT2D eigenvalue weighted by Crippen LogP contribution is -2.43. The van der Waals surface area contributed by atoms with Gasteiger partial charge in [0.15, 0.2) is 5.78 Å². The first kappa shape index (κ1) is 17.8. The molecule has 1 aliphatic carbocycles. The molecule has 0 bridgehead atoms. The number of nitrogens with zero attached hydrogens (tertiary/aromatic N) is 2. The zero-order valence-corrected chi connectivity index (χ0v) is 16.0. The number of ketones is 1. The maximum absolute atomic E-state index is 13.4. The maximum Gasteiger partial charge on any atom is 0.340 e. The summed E-state index contributed by atoms with van der Waals surface area (Å²) in [4.78, 5) is 41.4. The highest BCUT2D eigenvalue weighted by atomic mass is 16.2. The van der Waals surface area contributed by atoms with Gasteiger partial charge in [0.25, 0.3) is 0 Å². The van der Waals surface area contributed by atoms with Crippen molar-refractivity contribution in [2.24, 2.45) is 5.92 Å². The first-order chi connectivity index (χ1) is 14.1. The normalized spacial score (nSPS) is 18.3. The minimum Gasteiger partial charge on any atom is -0.342 e. The second kappa shape index (κ2) is 6.99. The summed E-state index contributed by atoms with van der Waals surface area (Å²) >= 11 is 0. The quantitative estimate of drug-likeness (QED) is 0.666. The molecule has 148 valence electrons. The van der Waals surface area contributed by atoms with Gasteiger partial charge in [-0.2, -0.15) is 5.10 Å². The average molecular weight is 390 g/mol. The first-order valence-electron chi connectivity index (χ1n) is 10.1. The zero-order valence-electron chi connectivity index (χ0n) is 16.0. The van der Waals surface area contributed by atoms with E-state index in [0.717, 1.165) is 36.6 Å². The van der Waals surface area contributed by atoms with Gasteiger partial charge in [-0.1, -0.05) is 30.3 Å². The lowest BCUT2D eigenvalue weighted by atomic mass is 9.87. The molecule has 0 saturated carbocycles. The van der Waals surface area contributed by atoms with Crippen molar-refractivity contribution in [2.45, 2.75) is 32.1 Å². The lowest BCUT2D eigenvalue weighted by Gasteiger charge is -2.32. The Morgan fingerprint density at radius 1 is 1.14 bits per heavy atom. The zero-order chi connectivity index (χ0) is 20.0. The number of nitrogens with one attached hydrogen (secondary N) is 2. The smallest absolute Gasteiger partial charge is 0.340 e. The first-order valence-corrected chi connectivity index (χ1v) is 10.1. The van der Waals surface area contributed by atoms with Gasteiger partial charge >= 0.3 is 5.69 Å². The molecule has 2 N–H and O–H groups in total. The van der Waals surface area contributed by atoms with E-state index >= 15 is 0 Å². The third-order valence-electron chi connectivity index (χ3n) is 6.16. The van der Waals surface area contributed by atoms with E-state index in [4.69, 9.17) is 0 Å². The molecular formula is C22H22N4O3. The molecule has 0 spiro atoms. The summed E-state index contributed by atoms with van der Waals surface area (Å²) in [6.07, 6.45) is 3.67. The summed E-state index contributed by atoms with van der Waals surface area (Å²) in [6, 6.07) is 10.3. The van der Waals surface area contributed by atoms with Crippen molar-refractivity contribution >= 4 is 22.5 Å². The van der Waals surface area contributed by atoms with Crippen LogP contribution < -0.4 is 5.69 Å². The molecule has 0 radical (unpaired) electrons. The fraction of sp³-hybridized carbons (Fsp3) is 0.364. The van der Waals surface area contributed by atoms with Gasteiger partial charge in [-0.15, -0.1) is 0 Å². The van der Waals surface area contributed by atoms with Crippen LogP contribution in [0.2, 0.25) is 0 Å². The van der Waals surface area contributed by atoms with Crippen LogP contribution in [-0.4, -0.2) is 44.9 Å². The Hall–Kier alpha value is -3.22. The number of rotatable bonds is 4. The molecule has 1 atom stereocenters. The molecule has 3 aromatic rings. The van der Waals surface area contributed by atoms with E-state index in [1.807, 2.05) is 18.2 Å². The van der Waals surface area contributed by atoms with Gasteiger partial charge < -0.3 is 4.90 Å². The van der Waals surface area contributed by atoms with Gasteiger partial charge in [-0.25, -0.2) is 9.89 Å². The van der Waals surface area contributed by atoms with Crippen molar-refractivity contribution in [1.29, 1.82) is 0 Å². The van der Waals surface area contributed by atoms with Gasteiger partial charge in [0.2, 0.25) is 5.91 Å². The topological polar surface area (TPSA) is 98.9 Å². The van der Waals surface area contributed by atoms with Crippen LogP contribution >= 0.6 is 0 Å². The number of H-pyrrole nitrogens is 2. The van der Waals surface area contributed by atoms with Crippen LogP contribution in [0.3, 0.4) is 0 Å². The van der Waals surface area contributed by atoms with Crippen LogP contribution in [-0.2, 0) is 24.1 Å². The highest BCUT2D eigenvalue weighted by Crippen LogP contribution is 2.34. The number of benzene rings is 2. The Morgan fingerprint density at radius 2 is 1.97 bits per heavy atom. The standard InChI is InChI=1S/C22H22N4O3/c27-19(11-18-23-22(29)25-24-18)26-10-2-4-15(12-26)21(28)17-9-8-14-7-6-13-3-1-5-16(17)20(13)14/h1,3,5,8-9,15H,2,4,6-7,10-12H2,(H2,23,24,25,29)/t15-/m0/s1. The molecule has 1 fully saturated rings. The molecule has 29 heavy (non-hydrogen) atoms. The number of aromatic amines is 2. The number of likely N-dealkylation sites (tertiary alicyclic amines) is 1. The summed E-state index contributed by atoms with van der Waals surface area (Å²) in [7, 11) is 0. The Kier molecular flexibility index (Phi) is 4.30. The number of aryl methyl sites for hydroxylation is 2. The van der Waals surface area contributed by atoms with Gasteiger partial charge in [-0.3, -0.25) is 14.6 Å². The van der Waals surface area contributed by atoms with Gasteiger partial charge in [0, 0.05) is 24.6 Å². The number of carbonyl (C=O) groups excluding carboxylic acids is 2. The number of aromatic nitrogens is 3. The van der Waals surface area contributed by atoms with Gasteiger partial charge in [-0.05, 0) is 47.6 Å². The van der Waals surface area contributed by atoms with Crippen molar-refractivity contribution in [3.05, 3.63) is 63.3 Å². The predicted molar refractivity (Wildman–Crippen MR) is 108 cm³/mol. The van der Waals surface area contributed by atoms with E-state index in [9.17, 15) is 14.4 Å². The summed E-state index contributed by atoms with van der Waals surface area (Å²) in [5.74, 6) is 0.113. The van der Waals surface area contributed by atoms with Crippen molar-refractivity contribution in [2.75, 3.05) is 13.1 Å². The van der Waals surface area contributed by atoms with E-state index in [0.29, 0.717) is 18.9 Å². The summed E-state index contributed by atoms with van der Waals surface area (Å²) < 4.78 is 0. The van der Waals surface area contributed by atoms with Crippen LogP contribution in [0.1, 0.15) is 40.2 Å². The SMILES string of the molecule is O=C(c1ccc2c3c(cccc13)CC2)[C@H]1CCCN(C(=O)Cc2n[nH]c(=O)[nH]2)C1.